The molecule has 72 valence electrons. The third-order valence-electron chi connectivity index (χ3n) is 1.12. The van der Waals surface area contributed by atoms with Crippen LogP contribution >= 0.6 is 27.3 Å². The van der Waals surface area contributed by atoms with Gasteiger partial charge < -0.3 is 4.74 Å². The Morgan fingerprint density at radius 2 is 2.14 bits per heavy atom. The van der Waals surface area contributed by atoms with E-state index < -0.39 is 5.60 Å². The maximum absolute atomic E-state index is 11.4. The van der Waals surface area contributed by atoms with E-state index in [4.69, 9.17) is 4.74 Å². The number of halogens is 1. The first-order valence-corrected chi connectivity index (χ1v) is 5.40. The van der Waals surface area contributed by atoms with Crippen molar-refractivity contribution in [2.45, 2.75) is 26.4 Å². The van der Waals surface area contributed by atoms with Gasteiger partial charge >= 0.3 is 18.9 Å². The topological polar surface area (TPSA) is 26.3 Å². The van der Waals surface area contributed by atoms with Gasteiger partial charge in [0.1, 0.15) is 5.60 Å². The van der Waals surface area contributed by atoms with Crippen molar-refractivity contribution in [2.24, 2.45) is 0 Å². The number of thiophene rings is 1. The second kappa shape index (κ2) is 5.36. The van der Waals surface area contributed by atoms with Crippen molar-refractivity contribution in [1.29, 1.82) is 0 Å². The molecule has 1 heterocycles. The van der Waals surface area contributed by atoms with E-state index in [1.807, 2.05) is 20.8 Å². The van der Waals surface area contributed by atoms with E-state index in [1.54, 1.807) is 6.07 Å². The molecule has 1 aromatic rings. The average Bonchev–Trinajstić information content (AvgIpc) is 2.31. The number of esters is 1. The molecule has 0 aromatic carbocycles. The fourth-order valence-electron chi connectivity index (χ4n) is 0.707. The maximum atomic E-state index is 11.4. The van der Waals surface area contributed by atoms with Crippen molar-refractivity contribution >= 4 is 33.2 Å². The van der Waals surface area contributed by atoms with Gasteiger partial charge in [0.2, 0.25) is 0 Å². The molecule has 0 aliphatic heterocycles. The molecular weight excluding hydrogens is 259 g/mol. The molecule has 1 rings (SSSR count). The summed E-state index contributed by atoms with van der Waals surface area (Å²) in [4.78, 5) is 12.0. The second-order valence-electron chi connectivity index (χ2n) is 3.56. The van der Waals surface area contributed by atoms with Crippen molar-refractivity contribution in [3.05, 3.63) is 20.8 Å². The van der Waals surface area contributed by atoms with Gasteiger partial charge in [-0.1, -0.05) is 20.4 Å². The van der Waals surface area contributed by atoms with Gasteiger partial charge in [-0.15, -0.1) is 5.38 Å². The van der Waals surface area contributed by atoms with Gasteiger partial charge in [0.25, 0.3) is 5.97 Å². The molecule has 2 nitrogen and oxygen atoms in total. The van der Waals surface area contributed by atoms with Gasteiger partial charge in [0, 0.05) is 0 Å². The van der Waals surface area contributed by atoms with Gasteiger partial charge in [0.15, 0.2) is 0 Å². The first-order valence-electron chi connectivity index (χ1n) is 3.79. The standard InChI is InChI=1S/C9H10BrO2S.Li/c1-9(2,3)12-8(11)7-4-6(10)5-13-7;/h4H,1-3H3;/q-1;+1. The summed E-state index contributed by atoms with van der Waals surface area (Å²) < 4.78 is 5.96. The molecule has 0 fully saturated rings. The number of rotatable bonds is 1. The van der Waals surface area contributed by atoms with Crippen LogP contribution in [-0.2, 0) is 4.74 Å². The van der Waals surface area contributed by atoms with Crippen LogP contribution in [0.2, 0.25) is 0 Å². The molecule has 5 heteroatoms. The SMILES string of the molecule is CC(C)(C)OC(=O)c1cc(Br)[c-]s1.[Li+]. The van der Waals surface area contributed by atoms with Crippen molar-refractivity contribution in [3.8, 4) is 0 Å². The molecular formula is C9H10BrLiO2S. The van der Waals surface area contributed by atoms with Crippen LogP contribution in [0, 0.1) is 5.38 Å². The van der Waals surface area contributed by atoms with Gasteiger partial charge in [-0.2, -0.15) is 6.07 Å². The normalized spacial score (nSPS) is 10.6. The molecule has 0 saturated heterocycles. The van der Waals surface area contributed by atoms with Crippen LogP contribution in [0.25, 0.3) is 0 Å². The molecule has 0 spiro atoms. The van der Waals surface area contributed by atoms with E-state index in [2.05, 4.69) is 21.3 Å². The summed E-state index contributed by atoms with van der Waals surface area (Å²) in [6.45, 7) is 5.53. The molecule has 0 atom stereocenters. The van der Waals surface area contributed by atoms with Crippen molar-refractivity contribution < 1.29 is 28.4 Å². The summed E-state index contributed by atoms with van der Waals surface area (Å²) in [6.07, 6.45) is 0. The van der Waals surface area contributed by atoms with E-state index in [1.165, 1.54) is 11.3 Å². The molecule has 0 N–H and O–H groups in total. The van der Waals surface area contributed by atoms with Crippen LogP contribution < -0.4 is 18.9 Å². The van der Waals surface area contributed by atoms with Gasteiger partial charge in [-0.3, -0.25) is 16.1 Å². The van der Waals surface area contributed by atoms with Crippen LogP contribution in [-0.4, -0.2) is 11.6 Å². The Kier molecular flexibility index (Phi) is 5.46. The first kappa shape index (κ1) is 14.2. The summed E-state index contributed by atoms with van der Waals surface area (Å²) in [6, 6.07) is 1.71. The molecule has 0 unspecified atom stereocenters. The summed E-state index contributed by atoms with van der Waals surface area (Å²) in [5.41, 5.74) is -0.437. The Balaban J connectivity index is 0.00000169. The van der Waals surface area contributed by atoms with Gasteiger partial charge in [-0.25, -0.2) is 0 Å². The third-order valence-corrected chi connectivity index (χ3v) is 2.63. The molecule has 0 aliphatic rings. The smallest absolute Gasteiger partial charge is 0.466 e. The largest absolute Gasteiger partial charge is 1.00 e. The maximum Gasteiger partial charge on any atom is 1.00 e. The predicted molar refractivity (Wildman–Crippen MR) is 56.0 cm³/mol. The zero-order valence-electron chi connectivity index (χ0n) is 8.68. The average molecular weight is 269 g/mol. The number of hydrogen-bond acceptors (Lipinski definition) is 3. The van der Waals surface area contributed by atoms with Crippen molar-refractivity contribution in [2.75, 3.05) is 0 Å². The zero-order chi connectivity index (χ0) is 10.1. The monoisotopic (exact) mass is 268 g/mol. The Bertz CT molecular complexity index is 317. The van der Waals surface area contributed by atoms with Crippen LogP contribution in [0.1, 0.15) is 30.4 Å². The third kappa shape index (κ3) is 4.65. The Labute approximate surface area is 108 Å². The minimum Gasteiger partial charge on any atom is -0.466 e. The number of hydrogen-bond donors (Lipinski definition) is 0. The van der Waals surface area contributed by atoms with E-state index in [-0.39, 0.29) is 24.8 Å². The molecule has 0 bridgehead atoms. The van der Waals surface area contributed by atoms with Crippen LogP contribution in [0.4, 0.5) is 0 Å². The summed E-state index contributed by atoms with van der Waals surface area (Å²) >= 11 is 4.48. The van der Waals surface area contributed by atoms with Crippen molar-refractivity contribution in [3.63, 3.8) is 0 Å². The minimum atomic E-state index is -0.437. The second-order valence-corrected chi connectivity index (χ2v) is 5.26. The molecule has 14 heavy (non-hydrogen) atoms. The predicted octanol–water partition coefficient (Wildman–Crippen LogP) is 0.270. The van der Waals surface area contributed by atoms with Crippen molar-refractivity contribution in [1.82, 2.24) is 0 Å². The number of carbonyl (C=O) groups excluding carboxylic acids is 1. The molecule has 0 aliphatic carbocycles. The summed E-state index contributed by atoms with van der Waals surface area (Å²) in [7, 11) is 0. The van der Waals surface area contributed by atoms with E-state index in [0.717, 1.165) is 4.47 Å². The first-order chi connectivity index (χ1) is 5.88. The fraction of sp³-hybridized carbons (Fsp3) is 0.444. The van der Waals surface area contributed by atoms with E-state index in [9.17, 15) is 4.79 Å². The van der Waals surface area contributed by atoms with Crippen LogP contribution in [0.3, 0.4) is 0 Å². The molecule has 0 saturated carbocycles. The number of ether oxygens (including phenoxy) is 1. The molecule has 1 aromatic heterocycles. The van der Waals surface area contributed by atoms with Crippen LogP contribution in [0.15, 0.2) is 10.5 Å². The Morgan fingerprint density at radius 1 is 1.57 bits per heavy atom. The molecule has 0 amide bonds. The zero-order valence-corrected chi connectivity index (χ0v) is 11.1. The summed E-state index contributed by atoms with van der Waals surface area (Å²) in [5, 5.41) is 2.89. The van der Waals surface area contributed by atoms with Gasteiger partial charge in [-0.05, 0) is 25.6 Å². The quantitative estimate of drug-likeness (QED) is 0.415. The number of carbonyl (C=O) groups is 1. The fourth-order valence-corrected chi connectivity index (χ4v) is 1.90. The molecule has 0 radical (unpaired) electrons. The van der Waals surface area contributed by atoms with Gasteiger partial charge in [0.05, 0.1) is 0 Å². The minimum absolute atomic E-state index is 0. The Hall–Kier alpha value is 0.247. The van der Waals surface area contributed by atoms with E-state index in [0.29, 0.717) is 4.88 Å². The summed E-state index contributed by atoms with van der Waals surface area (Å²) in [5.74, 6) is -0.292. The Morgan fingerprint density at radius 3 is 2.50 bits per heavy atom. The van der Waals surface area contributed by atoms with Crippen LogP contribution in [0.5, 0.6) is 0 Å². The van der Waals surface area contributed by atoms with E-state index >= 15 is 0 Å².